The first kappa shape index (κ1) is 24.3. The Hall–Kier alpha value is -0.790. The Balaban J connectivity index is 1.46. The Morgan fingerprint density at radius 2 is 1.56 bits per heavy atom. The van der Waals surface area contributed by atoms with Crippen molar-refractivity contribution in [3.63, 3.8) is 0 Å². The number of allylic oxidation sites excluding steroid dienone is 2. The molecular formula is C30H50O2. The van der Waals surface area contributed by atoms with Gasteiger partial charge in [0.2, 0.25) is 0 Å². The van der Waals surface area contributed by atoms with Gasteiger partial charge in [-0.15, -0.1) is 0 Å². The lowest BCUT2D eigenvalue weighted by atomic mass is 9.44. The highest BCUT2D eigenvalue weighted by Crippen LogP contribution is 2.68. The number of hydrogen-bond donors (Lipinski definition) is 0. The predicted molar refractivity (Wildman–Crippen MR) is 133 cm³/mol. The van der Waals surface area contributed by atoms with E-state index in [1.165, 1.54) is 44.9 Å². The molecule has 4 rings (SSSR count). The van der Waals surface area contributed by atoms with Gasteiger partial charge in [-0.25, -0.2) is 0 Å². The molecule has 0 heterocycles. The lowest BCUT2D eigenvalue weighted by Crippen LogP contribution is -2.54. The van der Waals surface area contributed by atoms with E-state index in [0.29, 0.717) is 22.7 Å². The molecule has 0 aliphatic heterocycles. The molecule has 4 aliphatic rings. The zero-order chi connectivity index (χ0) is 23.3. The number of ether oxygens (including phenoxy) is 1. The van der Waals surface area contributed by atoms with E-state index in [0.717, 1.165) is 48.3 Å². The fraction of sp³-hybridized carbons (Fsp3) is 0.900. The average molecular weight is 443 g/mol. The summed E-state index contributed by atoms with van der Waals surface area (Å²) in [5.74, 6) is 6.37. The Morgan fingerprint density at radius 1 is 0.875 bits per heavy atom. The van der Waals surface area contributed by atoms with Crippen molar-refractivity contribution < 1.29 is 9.53 Å². The maximum atomic E-state index is 11.5. The Morgan fingerprint density at radius 3 is 2.25 bits per heavy atom. The van der Waals surface area contributed by atoms with Gasteiger partial charge in [0.25, 0.3) is 0 Å². The van der Waals surface area contributed by atoms with E-state index in [-0.39, 0.29) is 12.1 Å². The zero-order valence-electron chi connectivity index (χ0n) is 22.0. The molecule has 0 aromatic carbocycles. The van der Waals surface area contributed by atoms with Gasteiger partial charge in [-0.05, 0) is 116 Å². The van der Waals surface area contributed by atoms with E-state index in [1.807, 2.05) is 0 Å². The molecule has 4 aliphatic carbocycles. The third kappa shape index (κ3) is 4.22. The molecule has 0 amide bonds. The summed E-state index contributed by atoms with van der Waals surface area (Å²) in [5.41, 5.74) is 1.00. The molecule has 32 heavy (non-hydrogen) atoms. The van der Waals surface area contributed by atoms with Gasteiger partial charge in [0.05, 0.1) is 0 Å². The van der Waals surface area contributed by atoms with Crippen LogP contribution in [0, 0.1) is 58.2 Å². The summed E-state index contributed by atoms with van der Waals surface area (Å²) >= 11 is 0. The van der Waals surface area contributed by atoms with Crippen LogP contribution in [0.1, 0.15) is 106 Å². The van der Waals surface area contributed by atoms with Crippen LogP contribution in [-0.4, -0.2) is 12.1 Å². The van der Waals surface area contributed by atoms with Crippen LogP contribution in [0.3, 0.4) is 0 Å². The molecular weight excluding hydrogens is 392 g/mol. The minimum atomic E-state index is -0.0938. The molecule has 0 N–H and O–H groups in total. The fourth-order valence-corrected chi connectivity index (χ4v) is 9.17. The van der Waals surface area contributed by atoms with Crippen LogP contribution in [0.5, 0.6) is 0 Å². The van der Waals surface area contributed by atoms with Crippen molar-refractivity contribution >= 4 is 5.97 Å². The maximum Gasteiger partial charge on any atom is 0.302 e. The number of rotatable bonds is 5. The van der Waals surface area contributed by atoms with Crippen molar-refractivity contribution in [3.8, 4) is 0 Å². The largest absolute Gasteiger partial charge is 0.463 e. The van der Waals surface area contributed by atoms with Crippen LogP contribution in [0.2, 0.25) is 0 Å². The molecule has 0 bridgehead atoms. The smallest absolute Gasteiger partial charge is 0.302 e. The third-order valence-electron chi connectivity index (χ3n) is 11.4. The second kappa shape index (κ2) is 9.10. The summed E-state index contributed by atoms with van der Waals surface area (Å²) in [7, 11) is 0. The summed E-state index contributed by atoms with van der Waals surface area (Å²) in [5, 5.41) is 0. The van der Waals surface area contributed by atoms with Crippen molar-refractivity contribution in [1.82, 2.24) is 0 Å². The average Bonchev–Trinajstić information content (AvgIpc) is 3.08. The quantitative estimate of drug-likeness (QED) is 0.318. The van der Waals surface area contributed by atoms with E-state index in [4.69, 9.17) is 4.74 Å². The molecule has 0 aromatic heterocycles. The van der Waals surface area contributed by atoms with Crippen molar-refractivity contribution in [2.45, 2.75) is 112 Å². The number of carbonyl (C=O) groups is 1. The van der Waals surface area contributed by atoms with Gasteiger partial charge in [-0.1, -0.05) is 53.7 Å². The van der Waals surface area contributed by atoms with Gasteiger partial charge in [0.1, 0.15) is 6.10 Å². The number of fused-ring (bicyclic) bond motifs is 5. The minimum Gasteiger partial charge on any atom is -0.463 e. The summed E-state index contributed by atoms with van der Waals surface area (Å²) < 4.78 is 5.66. The topological polar surface area (TPSA) is 26.3 Å². The second-order valence-corrected chi connectivity index (χ2v) is 13.2. The van der Waals surface area contributed by atoms with Crippen molar-refractivity contribution in [2.75, 3.05) is 0 Å². The molecule has 10 unspecified atom stereocenters. The van der Waals surface area contributed by atoms with Gasteiger partial charge in [-0.2, -0.15) is 0 Å². The van der Waals surface area contributed by atoms with Gasteiger partial charge < -0.3 is 4.74 Å². The normalized spacial score (nSPS) is 45.8. The van der Waals surface area contributed by atoms with Crippen molar-refractivity contribution in [1.29, 1.82) is 0 Å². The Kier molecular flexibility index (Phi) is 6.92. The Bertz CT molecular complexity index is 710. The summed E-state index contributed by atoms with van der Waals surface area (Å²) in [6.07, 6.45) is 17.2. The van der Waals surface area contributed by atoms with E-state index in [9.17, 15) is 4.79 Å². The molecule has 2 nitrogen and oxygen atoms in total. The first-order valence-corrected chi connectivity index (χ1v) is 13.9. The van der Waals surface area contributed by atoms with Gasteiger partial charge in [-0.3, -0.25) is 4.79 Å². The van der Waals surface area contributed by atoms with Gasteiger partial charge >= 0.3 is 5.97 Å². The van der Waals surface area contributed by atoms with Crippen LogP contribution in [0.15, 0.2) is 12.2 Å². The summed E-state index contributed by atoms with van der Waals surface area (Å²) in [4.78, 5) is 11.5. The van der Waals surface area contributed by atoms with Crippen LogP contribution in [0.25, 0.3) is 0 Å². The lowest BCUT2D eigenvalue weighted by molar-refractivity contribution is -0.160. The molecule has 182 valence electrons. The second-order valence-electron chi connectivity index (χ2n) is 13.2. The highest BCUT2D eigenvalue weighted by Gasteiger charge is 2.60. The molecule has 0 saturated heterocycles. The SMILES string of the molecule is CC(=O)OC1CCC2(C)C(CCC3C2CCC2(C)C(C(C)/C=C/C(C)C(C)C)CCC32)C1. The van der Waals surface area contributed by atoms with E-state index >= 15 is 0 Å². The first-order chi connectivity index (χ1) is 15.1. The first-order valence-electron chi connectivity index (χ1n) is 13.9. The predicted octanol–water partition coefficient (Wildman–Crippen LogP) is 8.06. The van der Waals surface area contributed by atoms with E-state index in [2.05, 4.69) is 53.7 Å². The molecule has 4 saturated carbocycles. The van der Waals surface area contributed by atoms with E-state index < -0.39 is 0 Å². The van der Waals surface area contributed by atoms with Crippen LogP contribution >= 0.6 is 0 Å². The van der Waals surface area contributed by atoms with Crippen LogP contribution in [0.4, 0.5) is 0 Å². The van der Waals surface area contributed by atoms with Gasteiger partial charge in [0, 0.05) is 6.92 Å². The highest BCUT2D eigenvalue weighted by atomic mass is 16.5. The molecule has 0 spiro atoms. The summed E-state index contributed by atoms with van der Waals surface area (Å²) in [6.45, 7) is 16.4. The van der Waals surface area contributed by atoms with Crippen LogP contribution in [-0.2, 0) is 9.53 Å². The molecule has 4 fully saturated rings. The number of esters is 1. The molecule has 2 heteroatoms. The zero-order valence-corrected chi connectivity index (χ0v) is 22.0. The third-order valence-corrected chi connectivity index (χ3v) is 11.4. The minimum absolute atomic E-state index is 0.0938. The molecule has 0 aromatic rings. The van der Waals surface area contributed by atoms with Gasteiger partial charge in [0.15, 0.2) is 0 Å². The van der Waals surface area contributed by atoms with Crippen molar-refractivity contribution in [3.05, 3.63) is 12.2 Å². The number of hydrogen-bond acceptors (Lipinski definition) is 2. The highest BCUT2D eigenvalue weighted by molar-refractivity contribution is 5.66. The standard InChI is InChI=1S/C30H50O2/c1-19(2)20(3)8-9-21(4)26-12-13-27-25-11-10-23-18-24(32-22(5)31)14-16-29(23,6)28(25)15-17-30(26,27)7/h8-9,19-21,23-28H,10-18H2,1-7H3/b9-8+. The summed E-state index contributed by atoms with van der Waals surface area (Å²) in [6, 6.07) is 0. The van der Waals surface area contributed by atoms with Crippen LogP contribution < -0.4 is 0 Å². The fourth-order valence-electron chi connectivity index (χ4n) is 9.17. The maximum absolute atomic E-state index is 11.5. The Labute approximate surface area is 198 Å². The van der Waals surface area contributed by atoms with Crippen molar-refractivity contribution in [2.24, 2.45) is 58.2 Å². The number of carbonyl (C=O) groups excluding carboxylic acids is 1. The molecule has 0 radical (unpaired) electrons. The molecule has 10 atom stereocenters. The lowest BCUT2D eigenvalue weighted by Gasteiger charge is -2.61. The monoisotopic (exact) mass is 442 g/mol. The van der Waals surface area contributed by atoms with E-state index in [1.54, 1.807) is 6.92 Å².